The summed E-state index contributed by atoms with van der Waals surface area (Å²) in [5, 5.41) is 3.49. The SMILES string of the molecule is CC(C)NCCCCCN1CCN(CCN(C)C)CC1. The molecule has 0 aromatic rings. The number of nitrogens with one attached hydrogen (secondary N) is 1. The van der Waals surface area contributed by atoms with Crippen molar-refractivity contribution >= 4 is 0 Å². The summed E-state index contributed by atoms with van der Waals surface area (Å²) >= 11 is 0. The molecule has 0 amide bonds. The fourth-order valence-corrected chi connectivity index (χ4v) is 2.61. The molecule has 1 aliphatic heterocycles. The highest BCUT2D eigenvalue weighted by atomic mass is 15.3. The Hall–Kier alpha value is -0.160. The van der Waals surface area contributed by atoms with Crippen LogP contribution >= 0.6 is 0 Å². The van der Waals surface area contributed by atoms with Crippen LogP contribution in [0, 0.1) is 0 Å². The van der Waals surface area contributed by atoms with Crippen molar-refractivity contribution in [2.75, 3.05) is 66.5 Å². The van der Waals surface area contributed by atoms with Gasteiger partial charge in [-0.05, 0) is 40.0 Å². The molecule has 1 rings (SSSR count). The lowest BCUT2D eigenvalue weighted by atomic mass is 10.2. The summed E-state index contributed by atoms with van der Waals surface area (Å²) in [7, 11) is 4.31. The zero-order valence-electron chi connectivity index (χ0n) is 14.2. The van der Waals surface area contributed by atoms with E-state index in [9.17, 15) is 0 Å². The quantitative estimate of drug-likeness (QED) is 0.611. The third kappa shape index (κ3) is 8.90. The number of hydrogen-bond donors (Lipinski definition) is 1. The maximum absolute atomic E-state index is 3.49. The van der Waals surface area contributed by atoms with Gasteiger partial charge in [0, 0.05) is 45.3 Å². The van der Waals surface area contributed by atoms with Gasteiger partial charge < -0.3 is 15.1 Å². The first kappa shape index (κ1) is 17.9. The van der Waals surface area contributed by atoms with Crippen LogP contribution in [0.1, 0.15) is 33.1 Å². The van der Waals surface area contributed by atoms with Crippen molar-refractivity contribution in [2.45, 2.75) is 39.2 Å². The Morgan fingerprint density at radius 1 is 0.900 bits per heavy atom. The second-order valence-corrected chi connectivity index (χ2v) is 6.66. The van der Waals surface area contributed by atoms with Crippen molar-refractivity contribution in [3.8, 4) is 0 Å². The standard InChI is InChI=1S/C16H36N4/c1-16(2)17-8-6-5-7-9-19-12-14-20(15-13-19)11-10-18(3)4/h16-17H,5-15H2,1-4H3. The molecule has 0 aromatic heterocycles. The van der Waals surface area contributed by atoms with E-state index in [-0.39, 0.29) is 0 Å². The highest BCUT2D eigenvalue weighted by molar-refractivity contribution is 4.72. The van der Waals surface area contributed by atoms with Crippen molar-refractivity contribution in [1.29, 1.82) is 0 Å². The molecule has 0 radical (unpaired) electrons. The molecule has 0 bridgehead atoms. The van der Waals surface area contributed by atoms with Gasteiger partial charge >= 0.3 is 0 Å². The lowest BCUT2D eigenvalue weighted by Gasteiger charge is -2.35. The Morgan fingerprint density at radius 3 is 2.05 bits per heavy atom. The second kappa shape index (κ2) is 10.6. The van der Waals surface area contributed by atoms with Crippen LogP contribution in [-0.2, 0) is 0 Å². The molecule has 0 saturated carbocycles. The number of unbranched alkanes of at least 4 members (excludes halogenated alkanes) is 2. The second-order valence-electron chi connectivity index (χ2n) is 6.66. The number of hydrogen-bond acceptors (Lipinski definition) is 4. The molecule has 0 aliphatic carbocycles. The van der Waals surface area contributed by atoms with Gasteiger partial charge in [0.25, 0.3) is 0 Å². The molecule has 0 unspecified atom stereocenters. The van der Waals surface area contributed by atoms with E-state index in [0.717, 1.165) is 0 Å². The molecule has 0 spiro atoms. The van der Waals surface area contributed by atoms with Crippen LogP contribution in [0.3, 0.4) is 0 Å². The minimum Gasteiger partial charge on any atom is -0.315 e. The molecule has 1 saturated heterocycles. The van der Waals surface area contributed by atoms with Crippen LogP contribution < -0.4 is 5.32 Å². The first-order valence-electron chi connectivity index (χ1n) is 8.40. The molecule has 1 aliphatic rings. The zero-order chi connectivity index (χ0) is 14.8. The lowest BCUT2D eigenvalue weighted by molar-refractivity contribution is 0.124. The number of nitrogens with zero attached hydrogens (tertiary/aromatic N) is 3. The molecular weight excluding hydrogens is 248 g/mol. The van der Waals surface area contributed by atoms with Crippen LogP contribution in [0.5, 0.6) is 0 Å². The molecule has 4 heteroatoms. The predicted octanol–water partition coefficient (Wildman–Crippen LogP) is 1.33. The lowest BCUT2D eigenvalue weighted by Crippen LogP contribution is -2.48. The summed E-state index contributed by atoms with van der Waals surface area (Å²) in [5.41, 5.74) is 0. The highest BCUT2D eigenvalue weighted by Gasteiger charge is 2.15. The fraction of sp³-hybridized carbons (Fsp3) is 1.00. The van der Waals surface area contributed by atoms with E-state index in [0.29, 0.717) is 6.04 Å². The Balaban J connectivity index is 1.94. The van der Waals surface area contributed by atoms with E-state index >= 15 is 0 Å². The van der Waals surface area contributed by atoms with Crippen LogP contribution in [0.25, 0.3) is 0 Å². The van der Waals surface area contributed by atoms with Gasteiger partial charge in [0.15, 0.2) is 0 Å². The van der Waals surface area contributed by atoms with Gasteiger partial charge in [-0.1, -0.05) is 20.3 Å². The fourth-order valence-electron chi connectivity index (χ4n) is 2.61. The van der Waals surface area contributed by atoms with Crippen LogP contribution in [0.2, 0.25) is 0 Å². The summed E-state index contributed by atoms with van der Waals surface area (Å²) in [6.07, 6.45) is 4.04. The molecule has 120 valence electrons. The average Bonchev–Trinajstić information content (AvgIpc) is 2.41. The Kier molecular flexibility index (Phi) is 9.44. The summed E-state index contributed by atoms with van der Waals surface area (Å²) in [4.78, 5) is 7.52. The topological polar surface area (TPSA) is 21.8 Å². The van der Waals surface area contributed by atoms with Crippen molar-refractivity contribution in [2.24, 2.45) is 0 Å². The molecule has 1 fully saturated rings. The number of rotatable bonds is 10. The molecule has 1 N–H and O–H groups in total. The summed E-state index contributed by atoms with van der Waals surface area (Å²) in [5.74, 6) is 0. The maximum atomic E-state index is 3.49. The predicted molar refractivity (Wildman–Crippen MR) is 88.4 cm³/mol. The molecule has 4 nitrogen and oxygen atoms in total. The Labute approximate surface area is 126 Å². The monoisotopic (exact) mass is 284 g/mol. The number of piperazine rings is 1. The van der Waals surface area contributed by atoms with Gasteiger partial charge in [0.1, 0.15) is 0 Å². The number of likely N-dealkylation sites (N-methyl/N-ethyl adjacent to an activating group) is 1. The summed E-state index contributed by atoms with van der Waals surface area (Å²) < 4.78 is 0. The first-order valence-corrected chi connectivity index (χ1v) is 8.40. The summed E-state index contributed by atoms with van der Waals surface area (Å²) in [6.45, 7) is 14.3. The maximum Gasteiger partial charge on any atom is 0.0110 e. The third-order valence-electron chi connectivity index (χ3n) is 4.03. The average molecular weight is 284 g/mol. The van der Waals surface area contributed by atoms with Crippen LogP contribution in [0.4, 0.5) is 0 Å². The van der Waals surface area contributed by atoms with Crippen molar-refractivity contribution in [3.05, 3.63) is 0 Å². The van der Waals surface area contributed by atoms with E-state index in [1.165, 1.54) is 71.6 Å². The van der Waals surface area contributed by atoms with Gasteiger partial charge in [-0.3, -0.25) is 4.90 Å². The van der Waals surface area contributed by atoms with Gasteiger partial charge in [-0.25, -0.2) is 0 Å². The normalized spacial score (nSPS) is 18.3. The van der Waals surface area contributed by atoms with Gasteiger partial charge in [-0.2, -0.15) is 0 Å². The van der Waals surface area contributed by atoms with Gasteiger partial charge in [0.2, 0.25) is 0 Å². The van der Waals surface area contributed by atoms with E-state index in [1.807, 2.05) is 0 Å². The molecule has 0 atom stereocenters. The molecule has 0 aromatic carbocycles. The third-order valence-corrected chi connectivity index (χ3v) is 4.03. The van der Waals surface area contributed by atoms with Crippen LogP contribution in [0.15, 0.2) is 0 Å². The summed E-state index contributed by atoms with van der Waals surface area (Å²) in [6, 6.07) is 0.630. The minimum atomic E-state index is 0.630. The van der Waals surface area contributed by atoms with Gasteiger partial charge in [0.05, 0.1) is 0 Å². The van der Waals surface area contributed by atoms with Crippen molar-refractivity contribution in [1.82, 2.24) is 20.0 Å². The highest BCUT2D eigenvalue weighted by Crippen LogP contribution is 2.04. The van der Waals surface area contributed by atoms with Crippen LogP contribution in [-0.4, -0.2) is 87.2 Å². The zero-order valence-corrected chi connectivity index (χ0v) is 14.2. The first-order chi connectivity index (χ1) is 9.58. The molecular formula is C16H36N4. The van der Waals surface area contributed by atoms with E-state index in [4.69, 9.17) is 0 Å². The Morgan fingerprint density at radius 2 is 1.50 bits per heavy atom. The van der Waals surface area contributed by atoms with Crippen molar-refractivity contribution in [3.63, 3.8) is 0 Å². The molecule has 20 heavy (non-hydrogen) atoms. The van der Waals surface area contributed by atoms with Crippen molar-refractivity contribution < 1.29 is 0 Å². The Bertz CT molecular complexity index is 223. The van der Waals surface area contributed by atoms with E-state index < -0.39 is 0 Å². The molecule has 1 heterocycles. The minimum absolute atomic E-state index is 0.630. The van der Waals surface area contributed by atoms with E-state index in [2.05, 4.69) is 48.0 Å². The smallest absolute Gasteiger partial charge is 0.0110 e. The largest absolute Gasteiger partial charge is 0.315 e. The van der Waals surface area contributed by atoms with Gasteiger partial charge in [-0.15, -0.1) is 0 Å². The van der Waals surface area contributed by atoms with E-state index in [1.54, 1.807) is 0 Å².